The molecule has 2 heterocycles. The summed E-state index contributed by atoms with van der Waals surface area (Å²) in [5, 5.41) is 58.1. The highest BCUT2D eigenvalue weighted by molar-refractivity contribution is 5.82. The molecule has 10 heteroatoms. The van der Waals surface area contributed by atoms with Gasteiger partial charge < -0.3 is 44.5 Å². The zero-order valence-electron chi connectivity index (χ0n) is 16.0. The summed E-state index contributed by atoms with van der Waals surface area (Å²) in [5.41, 5.74) is 0.202. The number of aliphatic hydroxyl groups excluding tert-OH is 4. The van der Waals surface area contributed by atoms with Crippen molar-refractivity contribution in [2.75, 3.05) is 6.61 Å². The molecule has 1 aliphatic rings. The number of aliphatic hydroxyl groups is 4. The maximum absolute atomic E-state index is 12.3. The number of benzene rings is 2. The second-order valence-corrected chi connectivity index (χ2v) is 7.18. The zero-order valence-corrected chi connectivity index (χ0v) is 16.0. The van der Waals surface area contributed by atoms with Crippen LogP contribution in [0.1, 0.15) is 0 Å². The van der Waals surface area contributed by atoms with Crippen LogP contribution >= 0.6 is 0 Å². The molecular formula is C21H20O10. The molecule has 4 rings (SSSR count). The lowest BCUT2D eigenvalue weighted by Crippen LogP contribution is -2.57. The van der Waals surface area contributed by atoms with E-state index in [0.717, 1.165) is 12.1 Å². The van der Waals surface area contributed by atoms with Crippen molar-refractivity contribution in [3.8, 4) is 28.6 Å². The van der Waals surface area contributed by atoms with Gasteiger partial charge >= 0.3 is 0 Å². The highest BCUT2D eigenvalue weighted by Crippen LogP contribution is 2.32. The van der Waals surface area contributed by atoms with Gasteiger partial charge in [-0.25, -0.2) is 0 Å². The van der Waals surface area contributed by atoms with Crippen LogP contribution in [0.25, 0.3) is 22.3 Å². The fourth-order valence-corrected chi connectivity index (χ4v) is 3.36. The molecule has 2 aromatic carbocycles. The van der Waals surface area contributed by atoms with E-state index >= 15 is 0 Å². The van der Waals surface area contributed by atoms with Gasteiger partial charge in [-0.2, -0.15) is 0 Å². The van der Waals surface area contributed by atoms with Crippen LogP contribution in [0.5, 0.6) is 17.2 Å². The zero-order chi connectivity index (χ0) is 22.3. The van der Waals surface area contributed by atoms with Gasteiger partial charge in [-0.3, -0.25) is 4.79 Å². The van der Waals surface area contributed by atoms with Gasteiger partial charge in [0.05, 0.1) is 24.0 Å². The van der Waals surface area contributed by atoms with Gasteiger partial charge in [0.1, 0.15) is 23.2 Å². The second kappa shape index (κ2) is 8.17. The Kier molecular flexibility index (Phi) is 5.56. The monoisotopic (exact) mass is 432 g/mol. The molecule has 31 heavy (non-hydrogen) atoms. The van der Waals surface area contributed by atoms with Crippen LogP contribution in [-0.2, 0) is 4.74 Å². The number of phenolic OH excluding ortho intramolecular Hbond substituents is 2. The first-order chi connectivity index (χ1) is 14.8. The van der Waals surface area contributed by atoms with Crippen molar-refractivity contribution in [3.05, 3.63) is 52.7 Å². The van der Waals surface area contributed by atoms with Gasteiger partial charge in [0.2, 0.25) is 6.29 Å². The molecule has 1 aliphatic heterocycles. The average molecular weight is 432 g/mol. The van der Waals surface area contributed by atoms with Crippen LogP contribution in [0.3, 0.4) is 0 Å². The van der Waals surface area contributed by atoms with E-state index in [2.05, 4.69) is 0 Å². The molecule has 0 spiro atoms. The Morgan fingerprint density at radius 1 is 0.935 bits per heavy atom. The predicted molar refractivity (Wildman–Crippen MR) is 105 cm³/mol. The number of ether oxygens (including phenoxy) is 2. The summed E-state index contributed by atoms with van der Waals surface area (Å²) in [5.74, 6) is -1.35. The van der Waals surface area contributed by atoms with Gasteiger partial charge in [0.15, 0.2) is 23.2 Å². The largest absolute Gasteiger partial charge is 0.504 e. The minimum absolute atomic E-state index is 0.0982. The lowest BCUT2D eigenvalue weighted by Gasteiger charge is -2.39. The average Bonchev–Trinajstić information content (AvgIpc) is 2.74. The van der Waals surface area contributed by atoms with Gasteiger partial charge in [0.25, 0.3) is 0 Å². The maximum atomic E-state index is 12.3. The number of hydrogen-bond acceptors (Lipinski definition) is 10. The number of phenols is 2. The molecule has 5 atom stereocenters. The minimum Gasteiger partial charge on any atom is -0.504 e. The topological polar surface area (TPSA) is 170 Å². The Hall–Kier alpha value is -3.15. The van der Waals surface area contributed by atoms with E-state index in [-0.39, 0.29) is 22.5 Å². The third-order valence-corrected chi connectivity index (χ3v) is 5.13. The van der Waals surface area contributed by atoms with E-state index in [1.54, 1.807) is 12.1 Å². The summed E-state index contributed by atoms with van der Waals surface area (Å²) in [6.45, 7) is -0.543. The molecule has 1 fully saturated rings. The first-order valence-corrected chi connectivity index (χ1v) is 9.36. The normalized spacial score (nSPS) is 26.1. The lowest BCUT2D eigenvalue weighted by molar-refractivity contribution is -0.312. The summed E-state index contributed by atoms with van der Waals surface area (Å²) in [4.78, 5) is 12.3. The van der Waals surface area contributed by atoms with Crippen LogP contribution in [-0.4, -0.2) is 62.0 Å². The maximum Gasteiger partial charge on any atom is 0.210 e. The van der Waals surface area contributed by atoms with E-state index in [9.17, 15) is 35.4 Å². The Morgan fingerprint density at radius 3 is 2.29 bits per heavy atom. The highest BCUT2D eigenvalue weighted by atomic mass is 16.7. The summed E-state index contributed by atoms with van der Waals surface area (Å²) >= 11 is 0. The van der Waals surface area contributed by atoms with Crippen LogP contribution in [0.4, 0.5) is 0 Å². The Morgan fingerprint density at radius 2 is 1.61 bits per heavy atom. The SMILES string of the molecule is O=c1cc(-c2ccc(OC3OC(O)C(O)C(O)C3CO)cc2)oc2cc(O)c(O)cc12. The molecule has 1 saturated heterocycles. The lowest BCUT2D eigenvalue weighted by atomic mass is 9.94. The molecular weight excluding hydrogens is 412 g/mol. The van der Waals surface area contributed by atoms with Crippen LogP contribution in [0, 0.1) is 5.92 Å². The van der Waals surface area contributed by atoms with E-state index in [4.69, 9.17) is 13.9 Å². The number of rotatable bonds is 4. The molecule has 0 bridgehead atoms. The molecule has 0 amide bonds. The predicted octanol–water partition coefficient (Wildman–Crippen LogP) is 0.255. The standard InChI is InChI=1S/C21H20O10/c22-8-12-18(26)19(27)20(28)31-21(12)29-10-3-1-9(2-4-10)16-6-13(23)11-5-14(24)15(25)7-17(11)30-16/h1-7,12,18-22,24-28H,8H2. The third-order valence-electron chi connectivity index (χ3n) is 5.13. The molecule has 1 aromatic heterocycles. The second-order valence-electron chi connectivity index (χ2n) is 7.18. The van der Waals surface area contributed by atoms with Crippen LogP contribution < -0.4 is 10.2 Å². The van der Waals surface area contributed by atoms with E-state index in [1.165, 1.54) is 18.2 Å². The van der Waals surface area contributed by atoms with E-state index in [1.807, 2.05) is 0 Å². The summed E-state index contributed by atoms with van der Waals surface area (Å²) in [6, 6.07) is 9.72. The molecule has 0 saturated carbocycles. The molecule has 164 valence electrons. The van der Waals surface area contributed by atoms with Crippen molar-refractivity contribution in [2.45, 2.75) is 24.8 Å². The van der Waals surface area contributed by atoms with Crippen molar-refractivity contribution in [2.24, 2.45) is 5.92 Å². The minimum atomic E-state index is -1.68. The van der Waals surface area contributed by atoms with Crippen LogP contribution in [0.2, 0.25) is 0 Å². The Balaban J connectivity index is 1.58. The third kappa shape index (κ3) is 3.94. The van der Waals surface area contributed by atoms with Gasteiger partial charge in [-0.05, 0) is 30.3 Å². The summed E-state index contributed by atoms with van der Waals surface area (Å²) in [7, 11) is 0. The van der Waals surface area contributed by atoms with E-state index < -0.39 is 54.2 Å². The van der Waals surface area contributed by atoms with Gasteiger partial charge in [-0.15, -0.1) is 0 Å². The number of fused-ring (bicyclic) bond motifs is 1. The first-order valence-electron chi connectivity index (χ1n) is 9.36. The fraction of sp³-hybridized carbons (Fsp3) is 0.286. The molecule has 3 aromatic rings. The molecule has 10 nitrogen and oxygen atoms in total. The molecule has 0 radical (unpaired) electrons. The van der Waals surface area contributed by atoms with Crippen molar-refractivity contribution < 1.29 is 44.5 Å². The first kappa shape index (κ1) is 21.1. The smallest absolute Gasteiger partial charge is 0.210 e. The number of hydrogen-bond donors (Lipinski definition) is 6. The van der Waals surface area contributed by atoms with Gasteiger partial charge in [0, 0.05) is 17.7 Å². The van der Waals surface area contributed by atoms with Gasteiger partial charge in [-0.1, -0.05) is 0 Å². The highest BCUT2D eigenvalue weighted by Gasteiger charge is 2.44. The van der Waals surface area contributed by atoms with E-state index in [0.29, 0.717) is 5.56 Å². The fourth-order valence-electron chi connectivity index (χ4n) is 3.36. The quantitative estimate of drug-likeness (QED) is 0.314. The molecule has 6 N–H and O–H groups in total. The van der Waals surface area contributed by atoms with Crippen molar-refractivity contribution >= 4 is 11.0 Å². The number of aromatic hydroxyl groups is 2. The molecule has 0 aliphatic carbocycles. The summed E-state index contributed by atoms with van der Waals surface area (Å²) < 4.78 is 16.4. The van der Waals surface area contributed by atoms with Crippen molar-refractivity contribution in [1.29, 1.82) is 0 Å². The van der Waals surface area contributed by atoms with Crippen molar-refractivity contribution in [1.82, 2.24) is 0 Å². The summed E-state index contributed by atoms with van der Waals surface area (Å²) in [6.07, 6.45) is -5.90. The van der Waals surface area contributed by atoms with Crippen LogP contribution in [0.15, 0.2) is 51.7 Å². The van der Waals surface area contributed by atoms with Crippen molar-refractivity contribution in [3.63, 3.8) is 0 Å². The molecule has 5 unspecified atom stereocenters. The Labute approximate surface area is 174 Å². The Bertz CT molecular complexity index is 1140.